The van der Waals surface area contributed by atoms with Gasteiger partial charge in [-0.25, -0.2) is 0 Å². The van der Waals surface area contributed by atoms with Crippen LogP contribution in [-0.2, 0) is 4.79 Å². The molecule has 0 radical (unpaired) electrons. The number of hydrogen-bond acceptors (Lipinski definition) is 2. The van der Waals surface area contributed by atoms with E-state index in [2.05, 4.69) is 11.8 Å². The van der Waals surface area contributed by atoms with Gasteiger partial charge in [0, 0.05) is 32.0 Å². The first-order valence-corrected chi connectivity index (χ1v) is 7.05. The van der Waals surface area contributed by atoms with Crippen LogP contribution in [0.4, 0.5) is 0 Å². The zero-order valence-electron chi connectivity index (χ0n) is 10.6. The molecule has 1 aliphatic carbocycles. The lowest BCUT2D eigenvalue weighted by molar-refractivity contribution is -0.122. The van der Waals surface area contributed by atoms with Gasteiger partial charge in [0.15, 0.2) is 0 Å². The fourth-order valence-electron chi connectivity index (χ4n) is 3.40. The number of carbonyl (C=O) groups excluding carboxylic acids is 1. The quantitative estimate of drug-likeness (QED) is 0.733. The minimum Gasteiger partial charge on any atom is -0.300 e. The lowest BCUT2D eigenvalue weighted by Crippen LogP contribution is -2.43. The zero-order valence-corrected chi connectivity index (χ0v) is 10.6. The van der Waals surface area contributed by atoms with Crippen molar-refractivity contribution >= 4 is 5.78 Å². The Morgan fingerprint density at radius 3 is 2.69 bits per heavy atom. The molecule has 0 N–H and O–H groups in total. The summed E-state index contributed by atoms with van der Waals surface area (Å²) < 4.78 is 0. The molecule has 1 aliphatic heterocycles. The fourth-order valence-corrected chi connectivity index (χ4v) is 3.40. The molecule has 92 valence electrons. The van der Waals surface area contributed by atoms with Gasteiger partial charge in [0.25, 0.3) is 0 Å². The topological polar surface area (TPSA) is 20.3 Å². The monoisotopic (exact) mass is 223 g/mol. The average molecular weight is 223 g/mol. The second-order valence-corrected chi connectivity index (χ2v) is 5.55. The van der Waals surface area contributed by atoms with Crippen LogP contribution in [0, 0.1) is 5.92 Å². The van der Waals surface area contributed by atoms with Crippen molar-refractivity contribution in [2.75, 3.05) is 13.1 Å². The van der Waals surface area contributed by atoms with Gasteiger partial charge in [-0.1, -0.05) is 32.6 Å². The Morgan fingerprint density at radius 1 is 1.25 bits per heavy atom. The molecule has 0 spiro atoms. The van der Waals surface area contributed by atoms with Crippen LogP contribution < -0.4 is 0 Å². The third-order valence-electron chi connectivity index (χ3n) is 4.32. The molecule has 0 bridgehead atoms. The van der Waals surface area contributed by atoms with Crippen LogP contribution in [0.1, 0.15) is 58.3 Å². The van der Waals surface area contributed by atoms with Crippen LogP contribution in [0.2, 0.25) is 0 Å². The lowest BCUT2D eigenvalue weighted by atomic mass is 9.82. The van der Waals surface area contributed by atoms with Crippen LogP contribution >= 0.6 is 0 Å². The Bertz CT molecular complexity index is 227. The largest absolute Gasteiger partial charge is 0.300 e. The maximum Gasteiger partial charge on any atom is 0.135 e. The van der Waals surface area contributed by atoms with E-state index in [-0.39, 0.29) is 0 Å². The van der Waals surface area contributed by atoms with E-state index in [4.69, 9.17) is 0 Å². The fraction of sp³-hybridized carbons (Fsp3) is 0.929. The molecule has 16 heavy (non-hydrogen) atoms. The van der Waals surface area contributed by atoms with Crippen molar-refractivity contribution in [2.45, 2.75) is 64.3 Å². The molecule has 0 amide bonds. The minimum atomic E-state index is 0.470. The Hall–Kier alpha value is -0.370. The first-order chi connectivity index (χ1) is 7.79. The van der Waals surface area contributed by atoms with E-state index in [1.54, 1.807) is 0 Å². The number of likely N-dealkylation sites (tertiary alicyclic amines) is 1. The number of carbonyl (C=O) groups is 1. The zero-order chi connectivity index (χ0) is 11.4. The van der Waals surface area contributed by atoms with Crippen LogP contribution in [0.25, 0.3) is 0 Å². The summed E-state index contributed by atoms with van der Waals surface area (Å²) in [5, 5.41) is 0. The van der Waals surface area contributed by atoms with Gasteiger partial charge in [-0.2, -0.15) is 0 Å². The summed E-state index contributed by atoms with van der Waals surface area (Å²) in [5.74, 6) is 1.43. The highest BCUT2D eigenvalue weighted by molar-refractivity contribution is 5.79. The number of Topliss-reactive ketones (excluding diaryl/α,β-unsaturated/α-hetero) is 1. The molecule has 2 atom stereocenters. The second kappa shape index (κ2) is 5.81. The van der Waals surface area contributed by atoms with Crippen molar-refractivity contribution in [1.29, 1.82) is 0 Å². The molecule has 2 rings (SSSR count). The van der Waals surface area contributed by atoms with Crippen molar-refractivity contribution in [3.05, 3.63) is 0 Å². The summed E-state index contributed by atoms with van der Waals surface area (Å²) in [4.78, 5) is 13.8. The van der Waals surface area contributed by atoms with Gasteiger partial charge >= 0.3 is 0 Å². The maximum atomic E-state index is 11.2. The van der Waals surface area contributed by atoms with Gasteiger partial charge in [-0.3, -0.25) is 9.69 Å². The lowest BCUT2D eigenvalue weighted by Gasteiger charge is -2.39. The molecular weight excluding hydrogens is 198 g/mol. The van der Waals surface area contributed by atoms with E-state index >= 15 is 0 Å². The van der Waals surface area contributed by atoms with Crippen molar-refractivity contribution < 1.29 is 4.79 Å². The first kappa shape index (κ1) is 12.1. The Labute approximate surface area is 99.4 Å². The number of hydrogen-bond donors (Lipinski definition) is 0. The summed E-state index contributed by atoms with van der Waals surface area (Å²) >= 11 is 0. The molecule has 1 saturated heterocycles. The molecule has 1 heterocycles. The van der Waals surface area contributed by atoms with E-state index in [1.807, 2.05) is 0 Å². The highest BCUT2D eigenvalue weighted by atomic mass is 16.1. The smallest absolute Gasteiger partial charge is 0.135 e. The normalized spacial score (nSPS) is 32.9. The second-order valence-electron chi connectivity index (χ2n) is 5.55. The molecular formula is C14H25NO. The van der Waals surface area contributed by atoms with Crippen molar-refractivity contribution in [1.82, 2.24) is 4.90 Å². The van der Waals surface area contributed by atoms with E-state index in [1.165, 1.54) is 38.5 Å². The highest BCUT2D eigenvalue weighted by Gasteiger charge is 2.28. The standard InChI is InChI=1S/C14H25NO/c1-2-4-12-5-3-6-13(11-12)15-9-7-14(16)8-10-15/h12-13H,2-11H2,1H3/t12-,13-/m1/s1. The third kappa shape index (κ3) is 3.07. The molecule has 0 unspecified atom stereocenters. The van der Waals surface area contributed by atoms with Gasteiger partial charge in [0.05, 0.1) is 0 Å². The van der Waals surface area contributed by atoms with Crippen LogP contribution in [-0.4, -0.2) is 29.8 Å². The molecule has 2 nitrogen and oxygen atoms in total. The minimum absolute atomic E-state index is 0.470. The number of piperidine rings is 1. The Morgan fingerprint density at radius 2 is 2.00 bits per heavy atom. The van der Waals surface area contributed by atoms with Gasteiger partial charge in [-0.15, -0.1) is 0 Å². The Kier molecular flexibility index (Phi) is 4.39. The van der Waals surface area contributed by atoms with E-state index < -0.39 is 0 Å². The molecule has 0 aromatic rings. The summed E-state index contributed by atoms with van der Waals surface area (Å²) in [5.41, 5.74) is 0. The van der Waals surface area contributed by atoms with Gasteiger partial charge in [0.2, 0.25) is 0 Å². The van der Waals surface area contributed by atoms with Gasteiger partial charge in [0.1, 0.15) is 5.78 Å². The average Bonchev–Trinajstić information content (AvgIpc) is 2.31. The SMILES string of the molecule is CCC[C@@H]1CCC[C@@H](N2CCC(=O)CC2)C1. The number of ketones is 1. The summed E-state index contributed by atoms with van der Waals surface area (Å²) in [6.07, 6.45) is 9.94. The number of nitrogens with zero attached hydrogens (tertiary/aromatic N) is 1. The molecule has 0 aromatic carbocycles. The molecule has 0 aromatic heterocycles. The summed E-state index contributed by atoms with van der Waals surface area (Å²) in [6.45, 7) is 4.36. The van der Waals surface area contributed by atoms with Crippen molar-refractivity contribution in [3.8, 4) is 0 Å². The summed E-state index contributed by atoms with van der Waals surface area (Å²) in [6, 6.07) is 0.790. The van der Waals surface area contributed by atoms with Gasteiger partial charge in [-0.05, 0) is 18.8 Å². The predicted molar refractivity (Wildman–Crippen MR) is 66.5 cm³/mol. The molecule has 1 saturated carbocycles. The van der Waals surface area contributed by atoms with E-state index in [9.17, 15) is 4.79 Å². The Balaban J connectivity index is 1.82. The highest BCUT2D eigenvalue weighted by Crippen LogP contribution is 2.31. The maximum absolute atomic E-state index is 11.2. The number of rotatable bonds is 3. The van der Waals surface area contributed by atoms with Crippen LogP contribution in [0.5, 0.6) is 0 Å². The molecule has 2 aliphatic rings. The van der Waals surface area contributed by atoms with Crippen molar-refractivity contribution in [3.63, 3.8) is 0 Å². The summed E-state index contributed by atoms with van der Waals surface area (Å²) in [7, 11) is 0. The molecule has 2 heteroatoms. The van der Waals surface area contributed by atoms with Crippen LogP contribution in [0.3, 0.4) is 0 Å². The third-order valence-corrected chi connectivity index (χ3v) is 4.32. The predicted octanol–water partition coefficient (Wildman–Crippen LogP) is 3.01. The first-order valence-electron chi connectivity index (χ1n) is 7.05. The van der Waals surface area contributed by atoms with Crippen LogP contribution in [0.15, 0.2) is 0 Å². The van der Waals surface area contributed by atoms with Gasteiger partial charge < -0.3 is 0 Å². The van der Waals surface area contributed by atoms with Crippen molar-refractivity contribution in [2.24, 2.45) is 5.92 Å². The van der Waals surface area contributed by atoms with E-state index in [0.717, 1.165) is 37.9 Å². The van der Waals surface area contributed by atoms with E-state index in [0.29, 0.717) is 5.78 Å². The molecule has 2 fully saturated rings.